The number of amides is 1. The van der Waals surface area contributed by atoms with Gasteiger partial charge in [-0.25, -0.2) is 9.37 Å². The summed E-state index contributed by atoms with van der Waals surface area (Å²) in [6.45, 7) is 4.94. The molecule has 4 rings (SSSR count). The highest BCUT2D eigenvalue weighted by atomic mass is 19.1. The first-order valence-electron chi connectivity index (χ1n) is 11.3. The summed E-state index contributed by atoms with van der Waals surface area (Å²) in [7, 11) is 0. The minimum absolute atomic E-state index is 0.0965. The van der Waals surface area contributed by atoms with E-state index in [-0.39, 0.29) is 37.0 Å². The molecule has 2 heterocycles. The van der Waals surface area contributed by atoms with E-state index in [9.17, 15) is 19.2 Å². The van der Waals surface area contributed by atoms with E-state index in [4.69, 9.17) is 4.74 Å². The third-order valence-corrected chi connectivity index (χ3v) is 6.13. The van der Waals surface area contributed by atoms with Crippen molar-refractivity contribution in [3.05, 3.63) is 93.4 Å². The topological polar surface area (TPSA) is 100 Å². The highest BCUT2D eigenvalue weighted by molar-refractivity contribution is 5.94. The molecule has 1 N–H and O–H groups in total. The maximum absolute atomic E-state index is 13.5. The van der Waals surface area contributed by atoms with Gasteiger partial charge >= 0.3 is 0 Å². The van der Waals surface area contributed by atoms with Gasteiger partial charge in [-0.05, 0) is 37.1 Å². The van der Waals surface area contributed by atoms with Gasteiger partial charge in [0, 0.05) is 19.6 Å². The molecule has 1 amide bonds. The SMILES string of the molecule is CC1(C)c2nc(C(=O)NCc3ccc(F)cc3)c(OCc3ccccc3)c(=O)n2CCN1CC#N. The van der Waals surface area contributed by atoms with Gasteiger partial charge in [0.05, 0.1) is 18.2 Å². The van der Waals surface area contributed by atoms with E-state index < -0.39 is 17.0 Å². The molecule has 0 atom stereocenters. The molecule has 3 aromatic rings. The number of carbonyl (C=O) groups is 1. The Morgan fingerprint density at radius 3 is 2.54 bits per heavy atom. The van der Waals surface area contributed by atoms with Crippen LogP contribution in [0.4, 0.5) is 4.39 Å². The Balaban J connectivity index is 1.71. The maximum atomic E-state index is 13.5. The summed E-state index contributed by atoms with van der Waals surface area (Å²) in [5, 5.41) is 12.0. The number of halogens is 1. The van der Waals surface area contributed by atoms with Gasteiger partial charge < -0.3 is 10.1 Å². The minimum Gasteiger partial charge on any atom is -0.481 e. The summed E-state index contributed by atoms with van der Waals surface area (Å²) in [6.07, 6.45) is 0. The van der Waals surface area contributed by atoms with Gasteiger partial charge in [-0.1, -0.05) is 42.5 Å². The molecular weight excluding hydrogens is 449 g/mol. The molecule has 1 aliphatic heterocycles. The second-order valence-corrected chi connectivity index (χ2v) is 8.79. The summed E-state index contributed by atoms with van der Waals surface area (Å²) in [5.74, 6) is -0.682. The van der Waals surface area contributed by atoms with Gasteiger partial charge in [0.1, 0.15) is 18.2 Å². The number of hydrogen-bond donors (Lipinski definition) is 1. The number of benzene rings is 2. The van der Waals surface area contributed by atoms with Crippen LogP contribution in [0.2, 0.25) is 0 Å². The molecule has 180 valence electrons. The number of carbonyl (C=O) groups excluding carboxylic acids is 1. The molecule has 1 aromatic heterocycles. The lowest BCUT2D eigenvalue weighted by molar-refractivity contribution is 0.0852. The normalized spacial score (nSPS) is 14.6. The zero-order valence-corrected chi connectivity index (χ0v) is 19.6. The van der Waals surface area contributed by atoms with Crippen molar-refractivity contribution in [3.63, 3.8) is 0 Å². The summed E-state index contributed by atoms with van der Waals surface area (Å²) in [5.41, 5.74) is 0.222. The lowest BCUT2D eigenvalue weighted by atomic mass is 9.98. The van der Waals surface area contributed by atoms with Crippen molar-refractivity contribution >= 4 is 5.91 Å². The van der Waals surface area contributed by atoms with E-state index in [1.165, 1.54) is 16.7 Å². The van der Waals surface area contributed by atoms with Gasteiger partial charge in [-0.3, -0.25) is 19.1 Å². The molecule has 0 radical (unpaired) electrons. The van der Waals surface area contributed by atoms with Crippen LogP contribution in [-0.4, -0.2) is 33.4 Å². The fraction of sp³-hybridized carbons (Fsp3) is 0.308. The van der Waals surface area contributed by atoms with Gasteiger partial charge in [0.2, 0.25) is 5.75 Å². The number of hydrogen-bond acceptors (Lipinski definition) is 6. The first kappa shape index (κ1) is 24.1. The molecule has 0 aliphatic carbocycles. The number of nitrogens with zero attached hydrogens (tertiary/aromatic N) is 4. The molecule has 0 unspecified atom stereocenters. The van der Waals surface area contributed by atoms with Gasteiger partial charge in [0.25, 0.3) is 11.5 Å². The molecular formula is C26H26FN5O3. The van der Waals surface area contributed by atoms with Crippen LogP contribution in [0.25, 0.3) is 0 Å². The van der Waals surface area contributed by atoms with Crippen LogP contribution < -0.4 is 15.6 Å². The van der Waals surface area contributed by atoms with Crippen LogP contribution in [0.15, 0.2) is 59.4 Å². The third-order valence-electron chi connectivity index (χ3n) is 6.13. The third kappa shape index (κ3) is 5.08. The smallest absolute Gasteiger partial charge is 0.296 e. The highest BCUT2D eigenvalue weighted by Crippen LogP contribution is 2.30. The largest absolute Gasteiger partial charge is 0.481 e. The average molecular weight is 476 g/mol. The lowest BCUT2D eigenvalue weighted by Crippen LogP contribution is -2.53. The van der Waals surface area contributed by atoms with Crippen LogP contribution in [0, 0.1) is 17.1 Å². The maximum Gasteiger partial charge on any atom is 0.296 e. The average Bonchev–Trinajstić information content (AvgIpc) is 2.85. The summed E-state index contributed by atoms with van der Waals surface area (Å²) in [4.78, 5) is 33.3. The summed E-state index contributed by atoms with van der Waals surface area (Å²) < 4.78 is 20.6. The molecule has 8 nitrogen and oxygen atoms in total. The van der Waals surface area contributed by atoms with Crippen molar-refractivity contribution < 1.29 is 13.9 Å². The van der Waals surface area contributed by atoms with Crippen molar-refractivity contribution in [1.29, 1.82) is 5.26 Å². The van der Waals surface area contributed by atoms with Crippen LogP contribution in [0.1, 0.15) is 41.3 Å². The molecule has 35 heavy (non-hydrogen) atoms. The van der Waals surface area contributed by atoms with E-state index in [2.05, 4.69) is 16.4 Å². The van der Waals surface area contributed by atoms with Crippen molar-refractivity contribution in [2.45, 2.75) is 39.1 Å². The van der Waals surface area contributed by atoms with E-state index in [1.807, 2.05) is 49.1 Å². The second kappa shape index (κ2) is 10.1. The number of rotatable bonds is 7. The molecule has 1 aliphatic rings. The molecule has 0 fully saturated rings. The van der Waals surface area contributed by atoms with E-state index in [0.717, 1.165) is 5.56 Å². The van der Waals surface area contributed by atoms with Gasteiger partial charge in [-0.2, -0.15) is 5.26 Å². The number of nitriles is 1. The quantitative estimate of drug-likeness (QED) is 0.528. The van der Waals surface area contributed by atoms with Crippen molar-refractivity contribution in [2.24, 2.45) is 0 Å². The number of nitrogens with one attached hydrogen (secondary N) is 1. The lowest BCUT2D eigenvalue weighted by Gasteiger charge is -2.42. The number of ether oxygens (including phenoxy) is 1. The molecule has 0 saturated carbocycles. The first-order valence-corrected chi connectivity index (χ1v) is 11.3. The Morgan fingerprint density at radius 1 is 1.14 bits per heavy atom. The molecule has 0 spiro atoms. The van der Waals surface area contributed by atoms with Crippen molar-refractivity contribution in [2.75, 3.05) is 13.1 Å². The zero-order chi connectivity index (χ0) is 25.0. The van der Waals surface area contributed by atoms with Gasteiger partial charge in [0.15, 0.2) is 5.69 Å². The van der Waals surface area contributed by atoms with Crippen molar-refractivity contribution in [1.82, 2.24) is 19.8 Å². The summed E-state index contributed by atoms with van der Waals surface area (Å²) >= 11 is 0. The van der Waals surface area contributed by atoms with E-state index in [1.54, 1.807) is 12.1 Å². The standard InChI is InChI=1S/C26H26FN5O3/c1-26(2)25-30-21(23(33)29-16-18-8-10-20(27)11-9-18)22(35-17-19-6-4-3-5-7-19)24(34)32(25)15-14-31(26)13-12-28/h3-11H,13-17H2,1-2H3,(H,29,33). The van der Waals surface area contributed by atoms with Gasteiger partial charge in [-0.15, -0.1) is 0 Å². The van der Waals surface area contributed by atoms with Crippen molar-refractivity contribution in [3.8, 4) is 11.8 Å². The Kier molecular flexibility index (Phi) is 6.94. The Labute approximate surface area is 202 Å². The second-order valence-electron chi connectivity index (χ2n) is 8.79. The Morgan fingerprint density at radius 2 is 1.86 bits per heavy atom. The van der Waals surface area contributed by atoms with Crippen LogP contribution >= 0.6 is 0 Å². The summed E-state index contributed by atoms with van der Waals surface area (Å²) in [6, 6.07) is 17.2. The predicted molar refractivity (Wildman–Crippen MR) is 127 cm³/mol. The monoisotopic (exact) mass is 475 g/mol. The van der Waals surface area contributed by atoms with E-state index in [0.29, 0.717) is 24.5 Å². The number of aromatic nitrogens is 2. The number of fused-ring (bicyclic) bond motifs is 1. The zero-order valence-electron chi connectivity index (χ0n) is 19.6. The molecule has 2 aromatic carbocycles. The van der Waals surface area contributed by atoms with Crippen LogP contribution in [-0.2, 0) is 25.2 Å². The fourth-order valence-electron chi connectivity index (χ4n) is 4.10. The predicted octanol–water partition coefficient (Wildman–Crippen LogP) is 2.97. The van der Waals surface area contributed by atoms with Crippen LogP contribution in [0.3, 0.4) is 0 Å². The van der Waals surface area contributed by atoms with E-state index >= 15 is 0 Å². The molecule has 9 heteroatoms. The van der Waals surface area contributed by atoms with Crippen LogP contribution in [0.5, 0.6) is 5.75 Å². The molecule has 0 saturated heterocycles. The Bertz CT molecular complexity index is 1310. The minimum atomic E-state index is -0.753. The Hall–Kier alpha value is -4.03. The highest BCUT2D eigenvalue weighted by Gasteiger charge is 2.39. The molecule has 0 bridgehead atoms. The fourth-order valence-corrected chi connectivity index (χ4v) is 4.10. The first-order chi connectivity index (χ1) is 16.8.